The Morgan fingerprint density at radius 2 is 2.04 bits per heavy atom. The number of esters is 1. The van der Waals surface area contributed by atoms with Gasteiger partial charge in [0.25, 0.3) is 5.89 Å². The number of carbonyl (C=O) groups excluding carboxylic acids is 1. The first kappa shape index (κ1) is 15.9. The molecule has 0 aliphatic heterocycles. The van der Waals surface area contributed by atoms with Crippen LogP contribution in [-0.4, -0.2) is 36.5 Å². The number of hydrogen-bond acceptors (Lipinski definition) is 7. The third-order valence-corrected chi connectivity index (χ3v) is 2.95. The van der Waals surface area contributed by atoms with Crippen LogP contribution in [0.15, 0.2) is 41.4 Å². The standard InChI is InChI=1S/C16H17N5O3/c1-16(2,3)23-14(22)8-13-19-15(24-20-13)11-9-18-21(10-11)12-4-6-17-7-5-12/h4-7,9-10H,8H2,1-3H3. The first-order chi connectivity index (χ1) is 11.4. The molecule has 0 radical (unpaired) electrons. The molecule has 0 bridgehead atoms. The Morgan fingerprint density at radius 3 is 2.75 bits per heavy atom. The summed E-state index contributed by atoms with van der Waals surface area (Å²) in [5.41, 5.74) is 0.981. The molecule has 0 saturated heterocycles. The number of rotatable bonds is 4. The SMILES string of the molecule is CC(C)(C)OC(=O)Cc1noc(-c2cnn(-c3ccncc3)c2)n1. The fraction of sp³-hybridized carbons (Fsp3) is 0.312. The third kappa shape index (κ3) is 3.83. The van der Waals surface area contributed by atoms with E-state index >= 15 is 0 Å². The lowest BCUT2D eigenvalue weighted by Crippen LogP contribution is -2.25. The maximum atomic E-state index is 11.8. The fourth-order valence-corrected chi connectivity index (χ4v) is 2.02. The molecule has 8 heteroatoms. The summed E-state index contributed by atoms with van der Waals surface area (Å²) in [4.78, 5) is 20.0. The van der Waals surface area contributed by atoms with E-state index in [0.29, 0.717) is 11.5 Å². The van der Waals surface area contributed by atoms with E-state index in [1.165, 1.54) is 0 Å². The Bertz CT molecular complexity index is 833. The second-order valence-electron chi connectivity index (χ2n) is 6.16. The fourth-order valence-electron chi connectivity index (χ4n) is 2.02. The highest BCUT2D eigenvalue weighted by Crippen LogP contribution is 2.18. The molecule has 0 N–H and O–H groups in total. The van der Waals surface area contributed by atoms with Gasteiger partial charge in [-0.2, -0.15) is 10.1 Å². The molecule has 0 fully saturated rings. The van der Waals surface area contributed by atoms with Gasteiger partial charge in [0.1, 0.15) is 12.0 Å². The summed E-state index contributed by atoms with van der Waals surface area (Å²) in [5, 5.41) is 8.06. The normalized spacial score (nSPS) is 11.5. The van der Waals surface area contributed by atoms with E-state index in [1.807, 2.05) is 12.1 Å². The minimum atomic E-state index is -0.546. The van der Waals surface area contributed by atoms with Crippen LogP contribution in [0.25, 0.3) is 17.1 Å². The minimum Gasteiger partial charge on any atom is -0.460 e. The lowest BCUT2D eigenvalue weighted by molar-refractivity contribution is -0.154. The Morgan fingerprint density at radius 1 is 1.29 bits per heavy atom. The van der Waals surface area contributed by atoms with Gasteiger partial charge in [0, 0.05) is 18.6 Å². The van der Waals surface area contributed by atoms with Crippen LogP contribution < -0.4 is 0 Å². The Labute approximate surface area is 138 Å². The predicted molar refractivity (Wildman–Crippen MR) is 84.2 cm³/mol. The monoisotopic (exact) mass is 327 g/mol. The largest absolute Gasteiger partial charge is 0.460 e. The predicted octanol–water partition coefficient (Wildman–Crippen LogP) is 2.20. The van der Waals surface area contributed by atoms with Crippen LogP contribution in [0, 0.1) is 0 Å². The van der Waals surface area contributed by atoms with Crippen molar-refractivity contribution in [3.05, 3.63) is 42.7 Å². The van der Waals surface area contributed by atoms with Crippen molar-refractivity contribution in [3.63, 3.8) is 0 Å². The van der Waals surface area contributed by atoms with Gasteiger partial charge in [0.2, 0.25) is 0 Å². The van der Waals surface area contributed by atoms with Crippen LogP contribution >= 0.6 is 0 Å². The number of nitrogens with zero attached hydrogens (tertiary/aromatic N) is 5. The minimum absolute atomic E-state index is 0.0424. The first-order valence-corrected chi connectivity index (χ1v) is 7.40. The maximum absolute atomic E-state index is 11.8. The molecule has 0 aromatic carbocycles. The van der Waals surface area contributed by atoms with E-state index in [2.05, 4.69) is 20.2 Å². The van der Waals surface area contributed by atoms with Crippen LogP contribution in [0.5, 0.6) is 0 Å². The van der Waals surface area contributed by atoms with Gasteiger partial charge >= 0.3 is 5.97 Å². The van der Waals surface area contributed by atoms with Crippen LogP contribution in [-0.2, 0) is 16.0 Å². The molecular weight excluding hydrogens is 310 g/mol. The highest BCUT2D eigenvalue weighted by Gasteiger charge is 2.19. The molecule has 8 nitrogen and oxygen atoms in total. The zero-order valence-electron chi connectivity index (χ0n) is 13.6. The molecule has 3 rings (SSSR count). The van der Waals surface area contributed by atoms with Gasteiger partial charge in [-0.25, -0.2) is 4.68 Å². The summed E-state index contributed by atoms with van der Waals surface area (Å²) in [6.07, 6.45) is 6.70. The number of pyridine rings is 1. The summed E-state index contributed by atoms with van der Waals surface area (Å²) in [6, 6.07) is 3.66. The van der Waals surface area contributed by atoms with Crippen molar-refractivity contribution in [2.24, 2.45) is 0 Å². The molecule has 24 heavy (non-hydrogen) atoms. The average Bonchev–Trinajstić information content (AvgIpc) is 3.15. The molecule has 3 aromatic heterocycles. The topological polar surface area (TPSA) is 95.9 Å². The van der Waals surface area contributed by atoms with Gasteiger partial charge in [0.15, 0.2) is 5.82 Å². The van der Waals surface area contributed by atoms with Crippen molar-refractivity contribution >= 4 is 5.97 Å². The summed E-state index contributed by atoms with van der Waals surface area (Å²) in [6.45, 7) is 5.42. The molecular formula is C16H17N5O3. The quantitative estimate of drug-likeness (QED) is 0.678. The summed E-state index contributed by atoms with van der Waals surface area (Å²) >= 11 is 0. The van der Waals surface area contributed by atoms with Crippen LogP contribution in [0.2, 0.25) is 0 Å². The average molecular weight is 327 g/mol. The van der Waals surface area contributed by atoms with Gasteiger partial charge < -0.3 is 9.26 Å². The molecule has 124 valence electrons. The number of ether oxygens (including phenoxy) is 1. The molecule has 0 amide bonds. The number of aromatic nitrogens is 5. The molecule has 0 unspecified atom stereocenters. The van der Waals surface area contributed by atoms with E-state index in [9.17, 15) is 4.79 Å². The van der Waals surface area contributed by atoms with Gasteiger partial charge in [-0.3, -0.25) is 9.78 Å². The smallest absolute Gasteiger partial charge is 0.314 e. The van der Waals surface area contributed by atoms with Gasteiger partial charge in [-0.15, -0.1) is 0 Å². The van der Waals surface area contributed by atoms with Crippen LogP contribution in [0.4, 0.5) is 0 Å². The van der Waals surface area contributed by atoms with E-state index in [0.717, 1.165) is 5.69 Å². The van der Waals surface area contributed by atoms with Crippen molar-refractivity contribution in [3.8, 4) is 17.1 Å². The van der Waals surface area contributed by atoms with Crippen molar-refractivity contribution in [1.29, 1.82) is 0 Å². The van der Waals surface area contributed by atoms with Crippen molar-refractivity contribution < 1.29 is 14.1 Å². The summed E-state index contributed by atoms with van der Waals surface area (Å²) in [5.74, 6) is 0.173. The summed E-state index contributed by atoms with van der Waals surface area (Å²) < 4.78 is 12.1. The van der Waals surface area contributed by atoms with Gasteiger partial charge in [-0.05, 0) is 32.9 Å². The van der Waals surface area contributed by atoms with E-state index in [1.54, 1.807) is 50.2 Å². The van der Waals surface area contributed by atoms with Crippen molar-refractivity contribution in [1.82, 2.24) is 24.9 Å². The van der Waals surface area contributed by atoms with E-state index < -0.39 is 11.6 Å². The number of hydrogen-bond donors (Lipinski definition) is 0. The molecule has 0 aliphatic rings. The molecule has 3 aromatic rings. The zero-order chi connectivity index (χ0) is 17.2. The Kier molecular flexibility index (Phi) is 4.11. The van der Waals surface area contributed by atoms with E-state index in [4.69, 9.17) is 9.26 Å². The molecule has 0 spiro atoms. The van der Waals surface area contributed by atoms with Gasteiger partial charge in [0.05, 0.1) is 17.4 Å². The molecule has 0 saturated carbocycles. The maximum Gasteiger partial charge on any atom is 0.314 e. The highest BCUT2D eigenvalue weighted by atomic mass is 16.6. The molecule has 0 aliphatic carbocycles. The van der Waals surface area contributed by atoms with Crippen molar-refractivity contribution in [2.75, 3.05) is 0 Å². The molecule has 3 heterocycles. The van der Waals surface area contributed by atoms with Gasteiger partial charge in [-0.1, -0.05) is 5.16 Å². The van der Waals surface area contributed by atoms with Crippen LogP contribution in [0.3, 0.4) is 0 Å². The Hall–Kier alpha value is -3.03. The lowest BCUT2D eigenvalue weighted by Gasteiger charge is -2.18. The zero-order valence-corrected chi connectivity index (χ0v) is 13.6. The lowest BCUT2D eigenvalue weighted by atomic mass is 10.2. The summed E-state index contributed by atoms with van der Waals surface area (Å²) in [7, 11) is 0. The third-order valence-electron chi connectivity index (χ3n) is 2.95. The Balaban J connectivity index is 1.72. The number of carbonyl (C=O) groups is 1. The molecule has 0 atom stereocenters. The second-order valence-corrected chi connectivity index (χ2v) is 6.16. The second kappa shape index (κ2) is 6.23. The van der Waals surface area contributed by atoms with Crippen LogP contribution in [0.1, 0.15) is 26.6 Å². The highest BCUT2D eigenvalue weighted by molar-refractivity contribution is 5.72. The van der Waals surface area contributed by atoms with E-state index in [-0.39, 0.29) is 12.2 Å². The van der Waals surface area contributed by atoms with Crippen molar-refractivity contribution in [2.45, 2.75) is 32.8 Å². The first-order valence-electron chi connectivity index (χ1n) is 7.40.